The first kappa shape index (κ1) is 16.9. The molecule has 0 aliphatic carbocycles. The normalized spacial score (nSPS) is 27.0. The highest BCUT2D eigenvalue weighted by Gasteiger charge is 2.32. The summed E-state index contributed by atoms with van der Waals surface area (Å²) in [5, 5.41) is 10.2. The molecule has 2 fully saturated rings. The van der Waals surface area contributed by atoms with E-state index in [9.17, 15) is 5.11 Å². The molecule has 0 aromatic heterocycles. The lowest BCUT2D eigenvalue weighted by Gasteiger charge is -2.26. The third kappa shape index (κ3) is 4.52. The van der Waals surface area contributed by atoms with E-state index in [1.807, 2.05) is 14.1 Å². The van der Waals surface area contributed by atoms with Crippen molar-refractivity contribution < 1.29 is 9.84 Å². The van der Waals surface area contributed by atoms with E-state index >= 15 is 0 Å². The van der Waals surface area contributed by atoms with Crippen molar-refractivity contribution >= 4 is 0 Å². The number of likely N-dealkylation sites (tertiary alicyclic amines) is 1. The van der Waals surface area contributed by atoms with Crippen LogP contribution < -0.4 is 0 Å². The highest BCUT2D eigenvalue weighted by molar-refractivity contribution is 5.23. The van der Waals surface area contributed by atoms with E-state index in [-0.39, 0.29) is 12.1 Å². The van der Waals surface area contributed by atoms with Crippen LogP contribution in [0.3, 0.4) is 0 Å². The molecule has 128 valence electrons. The number of benzene rings is 1. The predicted molar refractivity (Wildman–Crippen MR) is 91.3 cm³/mol. The molecule has 2 atom stereocenters. The number of likely N-dealkylation sites (N-methyl/N-ethyl adjacent to an activating group) is 1. The summed E-state index contributed by atoms with van der Waals surface area (Å²) < 4.78 is 5.41. The van der Waals surface area contributed by atoms with Gasteiger partial charge in [0, 0.05) is 45.3 Å². The van der Waals surface area contributed by atoms with Gasteiger partial charge in [-0.15, -0.1) is 0 Å². The van der Waals surface area contributed by atoms with Crippen LogP contribution in [0.2, 0.25) is 0 Å². The first-order valence-corrected chi connectivity index (χ1v) is 8.56. The summed E-state index contributed by atoms with van der Waals surface area (Å²) in [7, 11) is 4.08. The van der Waals surface area contributed by atoms with E-state index in [1.165, 1.54) is 11.1 Å². The second kappa shape index (κ2) is 7.73. The van der Waals surface area contributed by atoms with Gasteiger partial charge in [0.05, 0.1) is 19.3 Å². The summed E-state index contributed by atoms with van der Waals surface area (Å²) in [4.78, 5) is 6.92. The van der Waals surface area contributed by atoms with Crippen molar-refractivity contribution in [1.29, 1.82) is 0 Å². The molecule has 0 bridgehead atoms. The Morgan fingerprint density at radius 2 is 1.74 bits per heavy atom. The minimum atomic E-state index is -0.249. The number of morpholine rings is 1. The maximum Gasteiger partial charge on any atom is 0.0834 e. The van der Waals surface area contributed by atoms with Crippen LogP contribution in [0.15, 0.2) is 24.3 Å². The van der Waals surface area contributed by atoms with Crippen molar-refractivity contribution in [3.05, 3.63) is 35.4 Å². The van der Waals surface area contributed by atoms with E-state index in [2.05, 4.69) is 39.0 Å². The molecule has 0 saturated carbocycles. The van der Waals surface area contributed by atoms with Gasteiger partial charge in [0.25, 0.3) is 0 Å². The SMILES string of the molecule is CN(C)[C@H]1CN(Cc2cccc(CN3CCOCC3)c2)C[C@@H]1O. The summed E-state index contributed by atoms with van der Waals surface area (Å²) in [5.74, 6) is 0. The van der Waals surface area contributed by atoms with Crippen molar-refractivity contribution in [2.45, 2.75) is 25.2 Å². The smallest absolute Gasteiger partial charge is 0.0834 e. The highest BCUT2D eigenvalue weighted by Crippen LogP contribution is 2.18. The molecule has 1 aromatic rings. The molecule has 2 saturated heterocycles. The van der Waals surface area contributed by atoms with Gasteiger partial charge in [-0.1, -0.05) is 24.3 Å². The molecule has 3 rings (SSSR count). The van der Waals surface area contributed by atoms with E-state index in [1.54, 1.807) is 0 Å². The van der Waals surface area contributed by atoms with Gasteiger partial charge in [-0.05, 0) is 25.2 Å². The molecule has 0 spiro atoms. The zero-order chi connectivity index (χ0) is 16.2. The lowest BCUT2D eigenvalue weighted by atomic mass is 10.1. The molecule has 1 aromatic carbocycles. The summed E-state index contributed by atoms with van der Waals surface area (Å²) in [5.41, 5.74) is 2.70. The highest BCUT2D eigenvalue weighted by atomic mass is 16.5. The van der Waals surface area contributed by atoms with Crippen LogP contribution >= 0.6 is 0 Å². The largest absolute Gasteiger partial charge is 0.390 e. The average Bonchev–Trinajstić information content (AvgIpc) is 2.89. The predicted octanol–water partition coefficient (Wildman–Crippen LogP) is 0.626. The fraction of sp³-hybridized carbons (Fsp3) is 0.667. The Morgan fingerprint density at radius 3 is 2.35 bits per heavy atom. The van der Waals surface area contributed by atoms with E-state index < -0.39 is 0 Å². The van der Waals surface area contributed by atoms with Crippen LogP contribution in [0.5, 0.6) is 0 Å². The number of aliphatic hydroxyl groups excluding tert-OH is 1. The number of ether oxygens (including phenoxy) is 1. The fourth-order valence-corrected chi connectivity index (χ4v) is 3.59. The molecule has 0 unspecified atom stereocenters. The van der Waals surface area contributed by atoms with Gasteiger partial charge in [-0.3, -0.25) is 9.80 Å². The van der Waals surface area contributed by atoms with E-state index in [4.69, 9.17) is 4.74 Å². The molecule has 23 heavy (non-hydrogen) atoms. The van der Waals surface area contributed by atoms with E-state index in [0.29, 0.717) is 0 Å². The first-order chi connectivity index (χ1) is 11.1. The minimum absolute atomic E-state index is 0.242. The molecule has 1 N–H and O–H groups in total. The van der Waals surface area contributed by atoms with Gasteiger partial charge in [-0.25, -0.2) is 0 Å². The molecule has 0 radical (unpaired) electrons. The average molecular weight is 319 g/mol. The number of hydrogen-bond donors (Lipinski definition) is 1. The van der Waals surface area contributed by atoms with Crippen LogP contribution in [0.4, 0.5) is 0 Å². The molecule has 2 aliphatic rings. The summed E-state index contributed by atoms with van der Waals surface area (Å²) in [6.07, 6.45) is -0.249. The number of hydrogen-bond acceptors (Lipinski definition) is 5. The Kier molecular flexibility index (Phi) is 5.67. The molecule has 0 amide bonds. The van der Waals surface area contributed by atoms with Crippen LogP contribution in [0.1, 0.15) is 11.1 Å². The fourth-order valence-electron chi connectivity index (χ4n) is 3.59. The Labute approximate surface area is 139 Å². The van der Waals surface area contributed by atoms with Crippen molar-refractivity contribution in [2.75, 3.05) is 53.5 Å². The summed E-state index contributed by atoms with van der Waals surface area (Å²) in [6.45, 7) is 7.34. The van der Waals surface area contributed by atoms with Gasteiger partial charge < -0.3 is 14.7 Å². The number of nitrogens with zero attached hydrogens (tertiary/aromatic N) is 3. The zero-order valence-electron chi connectivity index (χ0n) is 14.3. The number of rotatable bonds is 5. The van der Waals surface area contributed by atoms with Gasteiger partial charge in [0.2, 0.25) is 0 Å². The van der Waals surface area contributed by atoms with Crippen molar-refractivity contribution in [2.24, 2.45) is 0 Å². The molecule has 5 nitrogen and oxygen atoms in total. The molecule has 2 aliphatic heterocycles. The lowest BCUT2D eigenvalue weighted by molar-refractivity contribution is 0.0342. The third-order valence-electron chi connectivity index (χ3n) is 4.91. The first-order valence-electron chi connectivity index (χ1n) is 8.56. The topological polar surface area (TPSA) is 39.2 Å². The summed E-state index contributed by atoms with van der Waals surface area (Å²) in [6, 6.07) is 9.11. The Morgan fingerprint density at radius 1 is 1.09 bits per heavy atom. The van der Waals surface area contributed by atoms with Gasteiger partial charge in [0.15, 0.2) is 0 Å². The zero-order valence-corrected chi connectivity index (χ0v) is 14.3. The molecular formula is C18H29N3O2. The van der Waals surface area contributed by atoms with Crippen molar-refractivity contribution in [1.82, 2.24) is 14.7 Å². The van der Waals surface area contributed by atoms with Gasteiger partial charge >= 0.3 is 0 Å². The van der Waals surface area contributed by atoms with Crippen molar-refractivity contribution in [3.63, 3.8) is 0 Å². The third-order valence-corrected chi connectivity index (χ3v) is 4.91. The second-order valence-electron chi connectivity index (χ2n) is 7.00. The molecule has 2 heterocycles. The Balaban J connectivity index is 1.57. The standard InChI is InChI=1S/C18H29N3O2/c1-19(2)17-13-21(14-18(17)22)12-16-5-3-4-15(10-16)11-20-6-8-23-9-7-20/h3-5,10,17-18,22H,6-9,11-14H2,1-2H3/t17-,18-/m0/s1. The van der Waals surface area contributed by atoms with E-state index in [0.717, 1.165) is 52.5 Å². The maximum atomic E-state index is 10.2. The van der Waals surface area contributed by atoms with Crippen molar-refractivity contribution in [3.8, 4) is 0 Å². The van der Waals surface area contributed by atoms with Crippen LogP contribution in [0, 0.1) is 0 Å². The molecular weight excluding hydrogens is 290 g/mol. The summed E-state index contributed by atoms with van der Waals surface area (Å²) >= 11 is 0. The van der Waals surface area contributed by atoms with Gasteiger partial charge in [0.1, 0.15) is 0 Å². The van der Waals surface area contributed by atoms with Gasteiger partial charge in [-0.2, -0.15) is 0 Å². The maximum absolute atomic E-state index is 10.2. The number of β-amino-alcohol motifs (C(OH)–C–C–N with tert-alkyl or cyclic N) is 1. The molecule has 5 heteroatoms. The van der Waals surface area contributed by atoms with Crippen LogP contribution in [-0.2, 0) is 17.8 Å². The number of aliphatic hydroxyl groups is 1. The Bertz CT molecular complexity index is 503. The van der Waals surface area contributed by atoms with Crippen LogP contribution in [0.25, 0.3) is 0 Å². The monoisotopic (exact) mass is 319 g/mol. The lowest BCUT2D eigenvalue weighted by Crippen LogP contribution is -2.37. The minimum Gasteiger partial charge on any atom is -0.390 e. The Hall–Kier alpha value is -0.980. The quantitative estimate of drug-likeness (QED) is 0.862. The van der Waals surface area contributed by atoms with Crippen LogP contribution in [-0.4, -0.2) is 85.4 Å². The second-order valence-corrected chi connectivity index (χ2v) is 7.00.